The van der Waals surface area contributed by atoms with Crippen molar-refractivity contribution in [2.75, 3.05) is 0 Å². The topological polar surface area (TPSA) is 26.6 Å². The Balaban J connectivity index is 1.64. The fraction of sp³-hybridized carbons (Fsp3) is 0.304. The lowest BCUT2D eigenvalue weighted by atomic mass is 9.81. The molecule has 0 aliphatic carbocycles. The van der Waals surface area contributed by atoms with Crippen LogP contribution in [0.25, 0.3) is 50.3 Å². The molecular formula is C46H50N4. The van der Waals surface area contributed by atoms with Gasteiger partial charge in [-0.15, -0.1) is 0 Å². The van der Waals surface area contributed by atoms with Crippen LogP contribution >= 0.6 is 0 Å². The van der Waals surface area contributed by atoms with Gasteiger partial charge in [0.15, 0.2) is 0 Å². The van der Waals surface area contributed by atoms with Crippen molar-refractivity contribution in [2.45, 2.75) is 91.9 Å². The number of hydrogen-bond acceptors (Lipinski definition) is 1. The summed E-state index contributed by atoms with van der Waals surface area (Å²) < 4.78 is 6.66. The zero-order valence-electron chi connectivity index (χ0n) is 31.3. The van der Waals surface area contributed by atoms with Crippen molar-refractivity contribution in [3.05, 3.63) is 138 Å². The van der Waals surface area contributed by atoms with Crippen LogP contribution in [0.5, 0.6) is 0 Å². The van der Waals surface area contributed by atoms with Crippen LogP contribution in [0.2, 0.25) is 0 Å². The third-order valence-corrected chi connectivity index (χ3v) is 9.99. The zero-order chi connectivity index (χ0) is 35.5. The Labute approximate surface area is 298 Å². The molecule has 0 aliphatic rings. The SMILES string of the molecule is CC(C)c1cc(C(C)(C)C)cc(C(C)C)c1-[n+]1[c-]n(-c2cc(C(C)(C)C)cc3c4ccccc4n(-c4ccccc4)c23)nc1-c1ccccc1. The predicted octanol–water partition coefficient (Wildman–Crippen LogP) is 11.6. The number of nitrogens with zero attached hydrogens (tertiary/aromatic N) is 4. The summed E-state index contributed by atoms with van der Waals surface area (Å²) in [5.74, 6) is 1.47. The minimum absolute atomic E-state index is 0.0243. The Morgan fingerprint density at radius 2 is 1.16 bits per heavy atom. The first-order valence-corrected chi connectivity index (χ1v) is 18.1. The van der Waals surface area contributed by atoms with Gasteiger partial charge in [0.1, 0.15) is 0 Å². The number of para-hydroxylation sites is 2. The summed E-state index contributed by atoms with van der Waals surface area (Å²) in [5, 5.41) is 7.93. The molecule has 254 valence electrons. The maximum absolute atomic E-state index is 5.49. The Bertz CT molecular complexity index is 2290. The van der Waals surface area contributed by atoms with Crippen LogP contribution < -0.4 is 4.57 Å². The Kier molecular flexibility index (Phi) is 8.33. The molecule has 0 N–H and O–H groups in total. The number of benzene rings is 5. The van der Waals surface area contributed by atoms with E-state index in [-0.39, 0.29) is 10.8 Å². The number of hydrogen-bond donors (Lipinski definition) is 0. The molecule has 0 radical (unpaired) electrons. The number of rotatable bonds is 6. The molecule has 0 aliphatic heterocycles. The normalized spacial score (nSPS) is 12.6. The minimum atomic E-state index is -0.0807. The lowest BCUT2D eigenvalue weighted by Gasteiger charge is -2.28. The third-order valence-electron chi connectivity index (χ3n) is 9.99. The van der Waals surface area contributed by atoms with Gasteiger partial charge >= 0.3 is 0 Å². The van der Waals surface area contributed by atoms with E-state index in [2.05, 4.69) is 194 Å². The van der Waals surface area contributed by atoms with E-state index in [0.29, 0.717) is 11.8 Å². The van der Waals surface area contributed by atoms with E-state index < -0.39 is 0 Å². The van der Waals surface area contributed by atoms with Crippen molar-refractivity contribution in [2.24, 2.45) is 0 Å². The lowest BCUT2D eigenvalue weighted by molar-refractivity contribution is -0.590. The first-order valence-electron chi connectivity index (χ1n) is 18.1. The standard InChI is InChI=1S/C46H50N4/c1-30(2)37-25-33(45(5,6)7)26-38(31(3)4)42(37)48-29-49(47-44(48)32-19-13-11-14-20-32)41-28-34(46(8,9)10)27-39-36-23-17-18-24-40(36)50(43(39)41)35-21-15-12-16-22-35/h11-28,30-31H,1-10H3. The van der Waals surface area contributed by atoms with E-state index >= 15 is 0 Å². The van der Waals surface area contributed by atoms with Crippen molar-refractivity contribution in [3.8, 4) is 28.5 Å². The van der Waals surface area contributed by atoms with Crippen molar-refractivity contribution in [1.29, 1.82) is 0 Å². The maximum atomic E-state index is 5.49. The summed E-state index contributed by atoms with van der Waals surface area (Å²) in [7, 11) is 0. The van der Waals surface area contributed by atoms with Crippen molar-refractivity contribution in [1.82, 2.24) is 14.3 Å². The first-order chi connectivity index (χ1) is 23.7. The highest BCUT2D eigenvalue weighted by Gasteiger charge is 2.27. The van der Waals surface area contributed by atoms with Crippen LogP contribution in [0.4, 0.5) is 0 Å². The molecule has 4 nitrogen and oxygen atoms in total. The molecule has 0 saturated carbocycles. The minimum Gasteiger partial charge on any atom is -0.314 e. The van der Waals surface area contributed by atoms with Gasteiger partial charge in [-0.2, -0.15) is 4.68 Å². The molecule has 2 aromatic heterocycles. The van der Waals surface area contributed by atoms with Gasteiger partial charge in [-0.25, -0.2) is 0 Å². The Morgan fingerprint density at radius 1 is 0.620 bits per heavy atom. The summed E-state index contributed by atoms with van der Waals surface area (Å²) in [4.78, 5) is 0. The summed E-state index contributed by atoms with van der Waals surface area (Å²) in [6, 6.07) is 39.6. The van der Waals surface area contributed by atoms with E-state index in [1.807, 2.05) is 4.68 Å². The van der Waals surface area contributed by atoms with E-state index in [1.54, 1.807) is 0 Å². The predicted molar refractivity (Wildman–Crippen MR) is 209 cm³/mol. The molecular weight excluding hydrogens is 609 g/mol. The zero-order valence-corrected chi connectivity index (χ0v) is 31.3. The molecule has 2 heterocycles. The van der Waals surface area contributed by atoms with E-state index in [9.17, 15) is 0 Å². The van der Waals surface area contributed by atoms with Crippen molar-refractivity contribution >= 4 is 21.8 Å². The molecule has 0 fully saturated rings. The molecule has 0 bridgehead atoms. The third kappa shape index (κ3) is 5.85. The molecule has 4 heteroatoms. The van der Waals surface area contributed by atoms with Gasteiger partial charge in [0.05, 0.1) is 16.7 Å². The highest BCUT2D eigenvalue weighted by Crippen LogP contribution is 2.40. The second kappa shape index (κ2) is 12.4. The van der Waals surface area contributed by atoms with Crippen LogP contribution in [0.3, 0.4) is 0 Å². The second-order valence-corrected chi connectivity index (χ2v) is 16.4. The highest BCUT2D eigenvalue weighted by molar-refractivity contribution is 6.12. The quantitative estimate of drug-likeness (QED) is 0.129. The fourth-order valence-electron chi connectivity index (χ4n) is 7.11. The van der Waals surface area contributed by atoms with Gasteiger partial charge in [-0.05, 0) is 74.3 Å². The van der Waals surface area contributed by atoms with E-state index in [4.69, 9.17) is 5.10 Å². The summed E-state index contributed by atoms with van der Waals surface area (Å²) >= 11 is 0. The monoisotopic (exact) mass is 658 g/mol. The number of fused-ring (bicyclic) bond motifs is 3. The molecule has 50 heavy (non-hydrogen) atoms. The Hall–Kier alpha value is -4.96. The molecule has 7 rings (SSSR count). The van der Waals surface area contributed by atoms with Crippen LogP contribution in [0.15, 0.2) is 109 Å². The van der Waals surface area contributed by atoms with Crippen molar-refractivity contribution in [3.63, 3.8) is 0 Å². The lowest BCUT2D eigenvalue weighted by Crippen LogP contribution is -2.36. The second-order valence-electron chi connectivity index (χ2n) is 16.4. The highest BCUT2D eigenvalue weighted by atomic mass is 15.4. The van der Waals surface area contributed by atoms with Crippen LogP contribution in [-0.4, -0.2) is 14.3 Å². The molecule has 0 amide bonds. The van der Waals surface area contributed by atoms with Gasteiger partial charge in [-0.3, -0.25) is 0 Å². The van der Waals surface area contributed by atoms with Crippen LogP contribution in [-0.2, 0) is 10.8 Å². The molecule has 0 unspecified atom stereocenters. The van der Waals surface area contributed by atoms with E-state index in [0.717, 1.165) is 28.3 Å². The Morgan fingerprint density at radius 3 is 1.74 bits per heavy atom. The summed E-state index contributed by atoms with van der Waals surface area (Å²) in [6.07, 6.45) is 3.86. The van der Waals surface area contributed by atoms with Crippen molar-refractivity contribution < 1.29 is 4.57 Å². The largest absolute Gasteiger partial charge is 0.314 e. The summed E-state index contributed by atoms with van der Waals surface area (Å²) in [6.45, 7) is 23.0. The van der Waals surface area contributed by atoms with Gasteiger partial charge in [0, 0.05) is 27.7 Å². The average molecular weight is 659 g/mol. The fourth-order valence-corrected chi connectivity index (χ4v) is 7.11. The van der Waals surface area contributed by atoms with Gasteiger partial charge in [-0.1, -0.05) is 154 Å². The molecule has 7 aromatic rings. The molecule has 5 aromatic carbocycles. The van der Waals surface area contributed by atoms with Gasteiger partial charge in [0.2, 0.25) is 12.2 Å². The van der Waals surface area contributed by atoms with E-state index in [1.165, 1.54) is 44.2 Å². The smallest absolute Gasteiger partial charge is 0.231 e. The maximum Gasteiger partial charge on any atom is 0.231 e. The molecule has 0 saturated heterocycles. The number of aromatic nitrogens is 4. The van der Waals surface area contributed by atoms with Gasteiger partial charge in [0.25, 0.3) is 0 Å². The van der Waals surface area contributed by atoms with Gasteiger partial charge < -0.3 is 9.13 Å². The molecule has 0 atom stereocenters. The average Bonchev–Trinajstić information content (AvgIpc) is 3.67. The van der Waals surface area contributed by atoms with Crippen LogP contribution in [0, 0.1) is 6.33 Å². The summed E-state index contributed by atoms with van der Waals surface area (Å²) in [5.41, 5.74) is 11.8. The van der Waals surface area contributed by atoms with Crippen LogP contribution in [0.1, 0.15) is 103 Å². The molecule has 0 spiro atoms. The first kappa shape index (κ1) is 33.5.